The zero-order chi connectivity index (χ0) is 15.6. The van der Waals surface area contributed by atoms with E-state index in [2.05, 4.69) is 5.32 Å². The summed E-state index contributed by atoms with van der Waals surface area (Å²) in [6.45, 7) is 2.88. The summed E-state index contributed by atoms with van der Waals surface area (Å²) in [7, 11) is 1.85. The number of hydrogen-bond donors (Lipinski definition) is 1. The Bertz CT molecular complexity index is 589. The van der Waals surface area contributed by atoms with Crippen LogP contribution in [0.5, 0.6) is 0 Å². The number of hydrogen-bond acceptors (Lipinski definition) is 6. The molecule has 2 unspecified atom stereocenters. The van der Waals surface area contributed by atoms with E-state index in [1.54, 1.807) is 12.1 Å². The minimum atomic E-state index is -0.637. The zero-order valence-electron chi connectivity index (χ0n) is 11.9. The molecular formula is C14H17N3O4. The maximum Gasteiger partial charge on any atom is 0.269 e. The van der Waals surface area contributed by atoms with Gasteiger partial charge in [-0.2, -0.15) is 0 Å². The predicted molar refractivity (Wildman–Crippen MR) is 75.9 cm³/mol. The lowest BCUT2D eigenvalue weighted by Crippen LogP contribution is -2.63. The van der Waals surface area contributed by atoms with E-state index in [1.807, 2.05) is 18.9 Å². The van der Waals surface area contributed by atoms with Crippen molar-refractivity contribution in [3.63, 3.8) is 0 Å². The van der Waals surface area contributed by atoms with E-state index in [9.17, 15) is 19.7 Å². The Balaban J connectivity index is 2.35. The average Bonchev–Trinajstić information content (AvgIpc) is 2.45. The van der Waals surface area contributed by atoms with Crippen molar-refractivity contribution in [1.29, 1.82) is 0 Å². The molecule has 0 spiro atoms. The molecule has 1 aromatic carbocycles. The number of nitrogens with zero attached hydrogens (tertiary/aromatic N) is 2. The molecule has 1 fully saturated rings. The van der Waals surface area contributed by atoms with E-state index in [0.29, 0.717) is 24.9 Å². The molecule has 2 rings (SSSR count). The van der Waals surface area contributed by atoms with Crippen LogP contribution in [0, 0.1) is 10.1 Å². The second kappa shape index (κ2) is 5.71. The van der Waals surface area contributed by atoms with Gasteiger partial charge in [-0.05, 0) is 19.5 Å². The lowest BCUT2D eigenvalue weighted by atomic mass is 9.87. The van der Waals surface area contributed by atoms with Crippen LogP contribution in [0.4, 0.5) is 5.69 Å². The Morgan fingerprint density at radius 2 is 2.29 bits per heavy atom. The fourth-order valence-corrected chi connectivity index (χ4v) is 2.77. The van der Waals surface area contributed by atoms with Crippen LogP contribution in [-0.4, -0.2) is 48.1 Å². The van der Waals surface area contributed by atoms with Gasteiger partial charge >= 0.3 is 0 Å². The number of aldehydes is 1. The number of Topliss-reactive ketones (excluding diaryl/α,β-unsaturated/α-hetero) is 1. The number of ketones is 1. The quantitative estimate of drug-likeness (QED) is 0.375. The lowest BCUT2D eigenvalue weighted by Gasteiger charge is -2.43. The van der Waals surface area contributed by atoms with Crippen LogP contribution in [0.1, 0.15) is 12.5 Å². The summed E-state index contributed by atoms with van der Waals surface area (Å²) in [5, 5.41) is 14.0. The van der Waals surface area contributed by atoms with Gasteiger partial charge in [0, 0.05) is 25.2 Å². The molecule has 1 N–H and O–H groups in total. The first-order valence-electron chi connectivity index (χ1n) is 6.56. The molecular weight excluding hydrogens is 274 g/mol. The highest BCUT2D eigenvalue weighted by Gasteiger charge is 2.38. The van der Waals surface area contributed by atoms with Gasteiger partial charge in [-0.15, -0.1) is 0 Å². The summed E-state index contributed by atoms with van der Waals surface area (Å²) >= 11 is 0. The van der Waals surface area contributed by atoms with Gasteiger partial charge in [0.25, 0.3) is 5.69 Å². The first-order valence-corrected chi connectivity index (χ1v) is 6.56. The molecule has 0 saturated carbocycles. The van der Waals surface area contributed by atoms with Gasteiger partial charge < -0.3 is 4.90 Å². The topological polar surface area (TPSA) is 92.6 Å². The fourth-order valence-electron chi connectivity index (χ4n) is 2.77. The molecule has 7 nitrogen and oxygen atoms in total. The van der Waals surface area contributed by atoms with E-state index < -0.39 is 22.3 Å². The van der Waals surface area contributed by atoms with Crippen molar-refractivity contribution in [3.05, 3.63) is 39.9 Å². The molecule has 1 aliphatic heterocycles. The van der Waals surface area contributed by atoms with E-state index in [1.165, 1.54) is 12.1 Å². The van der Waals surface area contributed by atoms with E-state index in [-0.39, 0.29) is 5.69 Å². The maximum atomic E-state index is 11.6. The lowest BCUT2D eigenvalue weighted by molar-refractivity contribution is -0.385. The van der Waals surface area contributed by atoms with E-state index >= 15 is 0 Å². The van der Waals surface area contributed by atoms with Crippen LogP contribution in [0.3, 0.4) is 0 Å². The third-order valence-electron chi connectivity index (χ3n) is 3.73. The average molecular weight is 291 g/mol. The number of benzene rings is 1. The second-order valence-corrected chi connectivity index (χ2v) is 5.55. The van der Waals surface area contributed by atoms with Crippen molar-refractivity contribution in [1.82, 2.24) is 10.2 Å². The van der Waals surface area contributed by atoms with Crippen molar-refractivity contribution >= 4 is 17.8 Å². The van der Waals surface area contributed by atoms with Crippen molar-refractivity contribution in [2.24, 2.45) is 0 Å². The summed E-state index contributed by atoms with van der Waals surface area (Å²) < 4.78 is 0. The van der Waals surface area contributed by atoms with Crippen molar-refractivity contribution in [2.75, 3.05) is 20.1 Å². The van der Waals surface area contributed by atoms with Crippen LogP contribution in [0.15, 0.2) is 24.3 Å². The highest BCUT2D eigenvalue weighted by molar-refractivity contribution is 6.27. The molecule has 21 heavy (non-hydrogen) atoms. The largest absolute Gasteiger partial charge is 0.302 e. The van der Waals surface area contributed by atoms with E-state index in [0.717, 1.165) is 0 Å². The molecule has 1 heterocycles. The molecule has 1 saturated heterocycles. The van der Waals surface area contributed by atoms with Crippen LogP contribution >= 0.6 is 0 Å². The van der Waals surface area contributed by atoms with Gasteiger partial charge in [0.2, 0.25) is 5.78 Å². The number of non-ortho nitro benzene ring substituents is 1. The van der Waals surface area contributed by atoms with Gasteiger partial charge in [-0.3, -0.25) is 25.0 Å². The van der Waals surface area contributed by atoms with Gasteiger partial charge in [0.05, 0.1) is 16.5 Å². The normalized spacial score (nSPS) is 26.3. The number of nitrogens with one attached hydrogen (secondary N) is 1. The molecule has 0 amide bonds. The van der Waals surface area contributed by atoms with Gasteiger partial charge in [-0.1, -0.05) is 12.1 Å². The summed E-state index contributed by atoms with van der Waals surface area (Å²) in [6, 6.07) is 5.71. The summed E-state index contributed by atoms with van der Waals surface area (Å²) in [6.07, 6.45) is 0.310. The Hall–Kier alpha value is -2.12. The Kier molecular flexibility index (Phi) is 4.15. The Labute approximate surface area is 122 Å². The third-order valence-corrected chi connectivity index (χ3v) is 3.73. The standard InChI is InChI=1S/C14H17N3O4/c1-14(10-4-3-5-11(6-10)17(20)21)9-16(2)7-12(15-14)13(19)8-18/h3-6,8,12,15H,7,9H2,1-2H3. The molecule has 0 aromatic heterocycles. The van der Waals surface area contributed by atoms with Crippen LogP contribution in [0.2, 0.25) is 0 Å². The van der Waals surface area contributed by atoms with Gasteiger partial charge in [0.15, 0.2) is 6.29 Å². The number of carbonyl (C=O) groups excluding carboxylic acids is 2. The SMILES string of the molecule is CN1CC(C(=O)C=O)NC(C)(c2cccc([N+](=O)[O-])c2)C1. The number of nitro benzene ring substituents is 1. The van der Waals surface area contributed by atoms with Gasteiger partial charge in [-0.25, -0.2) is 0 Å². The molecule has 7 heteroatoms. The smallest absolute Gasteiger partial charge is 0.269 e. The van der Waals surface area contributed by atoms with Crippen LogP contribution < -0.4 is 5.32 Å². The first-order chi connectivity index (χ1) is 9.85. The monoisotopic (exact) mass is 291 g/mol. The molecule has 0 aliphatic carbocycles. The second-order valence-electron chi connectivity index (χ2n) is 5.55. The number of piperazine rings is 1. The van der Waals surface area contributed by atoms with Crippen molar-refractivity contribution in [3.8, 4) is 0 Å². The number of likely N-dealkylation sites (N-methyl/N-ethyl adjacent to an activating group) is 1. The molecule has 2 atom stereocenters. The number of rotatable bonds is 4. The summed E-state index contributed by atoms with van der Waals surface area (Å²) in [5.74, 6) is -0.516. The van der Waals surface area contributed by atoms with Gasteiger partial charge in [0.1, 0.15) is 0 Å². The summed E-state index contributed by atoms with van der Waals surface area (Å²) in [5.41, 5.74) is 0.0801. The number of carbonyl (C=O) groups is 2. The molecule has 1 aliphatic rings. The first kappa shape index (κ1) is 15.3. The molecule has 112 valence electrons. The molecule has 0 bridgehead atoms. The predicted octanol–water partition coefficient (Wildman–Crippen LogP) is 0.482. The van der Waals surface area contributed by atoms with Crippen LogP contribution in [0.25, 0.3) is 0 Å². The number of nitro groups is 1. The minimum Gasteiger partial charge on any atom is -0.302 e. The maximum absolute atomic E-state index is 11.6. The van der Waals surface area contributed by atoms with Crippen molar-refractivity contribution in [2.45, 2.75) is 18.5 Å². The minimum absolute atomic E-state index is 0.00187. The highest BCUT2D eigenvalue weighted by atomic mass is 16.6. The van der Waals surface area contributed by atoms with E-state index in [4.69, 9.17) is 0 Å². The Morgan fingerprint density at radius 1 is 1.57 bits per heavy atom. The third kappa shape index (κ3) is 3.14. The van der Waals surface area contributed by atoms with Crippen LogP contribution in [-0.2, 0) is 15.1 Å². The fraction of sp³-hybridized carbons (Fsp3) is 0.429. The molecule has 0 radical (unpaired) electrons. The Morgan fingerprint density at radius 3 is 2.90 bits per heavy atom. The zero-order valence-corrected chi connectivity index (χ0v) is 11.9. The van der Waals surface area contributed by atoms with Crippen molar-refractivity contribution < 1.29 is 14.5 Å². The molecule has 1 aromatic rings. The summed E-state index contributed by atoms with van der Waals surface area (Å²) in [4.78, 5) is 34.7. The highest BCUT2D eigenvalue weighted by Crippen LogP contribution is 2.28.